The molecule has 0 aliphatic rings. The van der Waals surface area contributed by atoms with E-state index in [1.54, 1.807) is 13.0 Å². The van der Waals surface area contributed by atoms with Crippen molar-refractivity contribution in [2.24, 2.45) is 0 Å². The van der Waals surface area contributed by atoms with Crippen LogP contribution in [0.5, 0.6) is 0 Å². The SMILES string of the molecule is Cc1cc(NC(=O)[C@@H](Nc2cccc(Br)c2)c2ccccc2)no1. The summed E-state index contributed by atoms with van der Waals surface area (Å²) in [5, 5.41) is 9.85. The molecule has 1 amide bonds. The Balaban J connectivity index is 1.85. The fourth-order valence-electron chi connectivity index (χ4n) is 2.31. The molecule has 0 unspecified atom stereocenters. The standard InChI is InChI=1S/C18H16BrN3O2/c1-12-10-16(22-24-12)21-18(23)17(13-6-3-2-4-7-13)20-15-9-5-8-14(19)11-15/h2-11,17,20H,1H3,(H,21,22,23)/t17-/m0/s1. The van der Waals surface area contributed by atoms with Crippen molar-refractivity contribution in [1.82, 2.24) is 5.16 Å². The van der Waals surface area contributed by atoms with Gasteiger partial charge in [-0.15, -0.1) is 0 Å². The van der Waals surface area contributed by atoms with Gasteiger partial charge in [0.2, 0.25) is 0 Å². The topological polar surface area (TPSA) is 67.2 Å². The molecule has 0 saturated heterocycles. The molecule has 3 rings (SSSR count). The third-order valence-corrected chi connectivity index (χ3v) is 3.90. The predicted molar refractivity (Wildman–Crippen MR) is 96.8 cm³/mol. The van der Waals surface area contributed by atoms with E-state index in [1.165, 1.54) is 0 Å². The first-order valence-electron chi connectivity index (χ1n) is 7.43. The summed E-state index contributed by atoms with van der Waals surface area (Å²) < 4.78 is 5.93. The molecule has 0 aliphatic carbocycles. The normalized spacial score (nSPS) is 11.8. The van der Waals surface area contributed by atoms with E-state index in [0.29, 0.717) is 11.6 Å². The Kier molecular flexibility index (Phi) is 4.96. The van der Waals surface area contributed by atoms with Crippen LogP contribution in [-0.2, 0) is 4.79 Å². The number of rotatable bonds is 5. The van der Waals surface area contributed by atoms with E-state index < -0.39 is 6.04 Å². The summed E-state index contributed by atoms with van der Waals surface area (Å²) in [6.45, 7) is 1.77. The summed E-state index contributed by atoms with van der Waals surface area (Å²) in [7, 11) is 0. The Morgan fingerprint density at radius 3 is 2.58 bits per heavy atom. The zero-order chi connectivity index (χ0) is 16.9. The molecule has 1 atom stereocenters. The lowest BCUT2D eigenvalue weighted by molar-refractivity contribution is -0.117. The lowest BCUT2D eigenvalue weighted by atomic mass is 10.1. The Bertz CT molecular complexity index is 833. The summed E-state index contributed by atoms with van der Waals surface area (Å²) in [5.74, 6) is 0.824. The van der Waals surface area contributed by atoms with Crippen LogP contribution in [0.2, 0.25) is 0 Å². The minimum absolute atomic E-state index is 0.213. The summed E-state index contributed by atoms with van der Waals surface area (Å²) >= 11 is 3.44. The number of carbonyl (C=O) groups is 1. The summed E-state index contributed by atoms with van der Waals surface area (Å²) in [5.41, 5.74) is 1.69. The van der Waals surface area contributed by atoms with Crippen molar-refractivity contribution in [3.63, 3.8) is 0 Å². The fraction of sp³-hybridized carbons (Fsp3) is 0.111. The largest absolute Gasteiger partial charge is 0.370 e. The molecule has 5 nitrogen and oxygen atoms in total. The summed E-state index contributed by atoms with van der Waals surface area (Å²) in [4.78, 5) is 12.7. The minimum Gasteiger partial charge on any atom is -0.370 e. The van der Waals surface area contributed by atoms with Crippen LogP contribution < -0.4 is 10.6 Å². The summed E-state index contributed by atoms with van der Waals surface area (Å²) in [6.07, 6.45) is 0. The van der Waals surface area contributed by atoms with E-state index >= 15 is 0 Å². The Morgan fingerprint density at radius 1 is 1.12 bits per heavy atom. The number of anilines is 2. The molecule has 1 aromatic heterocycles. The molecule has 2 aromatic carbocycles. The van der Waals surface area contributed by atoms with Crippen molar-refractivity contribution in [3.05, 3.63) is 76.5 Å². The number of aromatic nitrogens is 1. The molecule has 0 aliphatic heterocycles. The van der Waals surface area contributed by atoms with Gasteiger partial charge in [0.1, 0.15) is 11.8 Å². The average Bonchev–Trinajstić information content (AvgIpc) is 2.98. The fourth-order valence-corrected chi connectivity index (χ4v) is 2.71. The Morgan fingerprint density at radius 2 is 1.92 bits per heavy atom. The number of hydrogen-bond acceptors (Lipinski definition) is 4. The number of hydrogen-bond donors (Lipinski definition) is 2. The molecule has 0 bridgehead atoms. The van der Waals surface area contributed by atoms with Gasteiger partial charge in [-0.05, 0) is 30.7 Å². The van der Waals surface area contributed by atoms with Gasteiger partial charge in [0.15, 0.2) is 5.82 Å². The second-order valence-electron chi connectivity index (χ2n) is 5.31. The highest BCUT2D eigenvalue weighted by Crippen LogP contribution is 2.23. The zero-order valence-electron chi connectivity index (χ0n) is 13.0. The highest BCUT2D eigenvalue weighted by atomic mass is 79.9. The second kappa shape index (κ2) is 7.31. The van der Waals surface area contributed by atoms with Crippen molar-refractivity contribution in [2.45, 2.75) is 13.0 Å². The molecular weight excluding hydrogens is 370 g/mol. The highest BCUT2D eigenvalue weighted by Gasteiger charge is 2.21. The average molecular weight is 386 g/mol. The van der Waals surface area contributed by atoms with Crippen LogP contribution in [0.15, 0.2) is 69.7 Å². The third-order valence-electron chi connectivity index (χ3n) is 3.41. The molecule has 1 heterocycles. The quantitative estimate of drug-likeness (QED) is 0.676. The van der Waals surface area contributed by atoms with E-state index in [1.807, 2.05) is 54.6 Å². The molecule has 0 radical (unpaired) electrons. The molecule has 0 spiro atoms. The number of nitrogens with one attached hydrogen (secondary N) is 2. The van der Waals surface area contributed by atoms with Crippen molar-refractivity contribution in [1.29, 1.82) is 0 Å². The molecule has 6 heteroatoms. The molecule has 2 N–H and O–H groups in total. The van der Waals surface area contributed by atoms with E-state index in [9.17, 15) is 4.79 Å². The first-order chi connectivity index (χ1) is 11.6. The minimum atomic E-state index is -0.558. The first kappa shape index (κ1) is 16.3. The molecule has 0 saturated carbocycles. The van der Waals surface area contributed by atoms with E-state index in [0.717, 1.165) is 15.7 Å². The maximum Gasteiger partial charge on any atom is 0.252 e. The van der Waals surface area contributed by atoms with Crippen LogP contribution in [0, 0.1) is 6.92 Å². The van der Waals surface area contributed by atoms with Crippen LogP contribution in [0.25, 0.3) is 0 Å². The second-order valence-corrected chi connectivity index (χ2v) is 6.23. The van der Waals surface area contributed by atoms with Gasteiger partial charge in [-0.2, -0.15) is 0 Å². The van der Waals surface area contributed by atoms with Gasteiger partial charge in [0, 0.05) is 16.2 Å². The van der Waals surface area contributed by atoms with E-state index in [2.05, 4.69) is 31.7 Å². The lowest BCUT2D eigenvalue weighted by Crippen LogP contribution is -2.27. The van der Waals surface area contributed by atoms with Gasteiger partial charge < -0.3 is 15.2 Å². The lowest BCUT2D eigenvalue weighted by Gasteiger charge is -2.19. The number of amides is 1. The number of benzene rings is 2. The van der Waals surface area contributed by atoms with Crippen molar-refractivity contribution in [2.75, 3.05) is 10.6 Å². The van der Waals surface area contributed by atoms with E-state index in [-0.39, 0.29) is 5.91 Å². The summed E-state index contributed by atoms with van der Waals surface area (Å²) in [6, 6.07) is 18.3. The van der Waals surface area contributed by atoms with Crippen molar-refractivity contribution < 1.29 is 9.32 Å². The van der Waals surface area contributed by atoms with Crippen LogP contribution in [-0.4, -0.2) is 11.1 Å². The number of halogens is 1. The molecule has 3 aromatic rings. The maximum absolute atomic E-state index is 12.7. The molecule has 0 fully saturated rings. The van der Waals surface area contributed by atoms with Gasteiger partial charge in [-0.3, -0.25) is 4.79 Å². The van der Waals surface area contributed by atoms with Gasteiger partial charge in [0.05, 0.1) is 0 Å². The van der Waals surface area contributed by atoms with Crippen LogP contribution in [0.4, 0.5) is 11.5 Å². The van der Waals surface area contributed by atoms with Crippen molar-refractivity contribution >= 4 is 33.3 Å². The number of nitrogens with zero attached hydrogens (tertiary/aromatic N) is 1. The van der Waals surface area contributed by atoms with Gasteiger partial charge in [-0.1, -0.05) is 57.5 Å². The Labute approximate surface area is 148 Å². The van der Waals surface area contributed by atoms with Crippen molar-refractivity contribution in [3.8, 4) is 0 Å². The van der Waals surface area contributed by atoms with Gasteiger partial charge >= 0.3 is 0 Å². The van der Waals surface area contributed by atoms with Crippen LogP contribution >= 0.6 is 15.9 Å². The first-order valence-corrected chi connectivity index (χ1v) is 8.22. The maximum atomic E-state index is 12.7. The van der Waals surface area contributed by atoms with E-state index in [4.69, 9.17) is 4.52 Å². The zero-order valence-corrected chi connectivity index (χ0v) is 14.6. The molecular formula is C18H16BrN3O2. The highest BCUT2D eigenvalue weighted by molar-refractivity contribution is 9.10. The monoisotopic (exact) mass is 385 g/mol. The number of aryl methyl sites for hydroxylation is 1. The van der Waals surface area contributed by atoms with Crippen LogP contribution in [0.1, 0.15) is 17.4 Å². The Hall–Kier alpha value is -2.60. The third kappa shape index (κ3) is 4.02. The van der Waals surface area contributed by atoms with Crippen LogP contribution in [0.3, 0.4) is 0 Å². The van der Waals surface area contributed by atoms with Gasteiger partial charge in [0.25, 0.3) is 5.91 Å². The van der Waals surface area contributed by atoms with Gasteiger partial charge in [-0.25, -0.2) is 0 Å². The predicted octanol–water partition coefficient (Wildman–Crippen LogP) is 4.54. The molecule has 122 valence electrons. The smallest absolute Gasteiger partial charge is 0.252 e. The molecule has 24 heavy (non-hydrogen) atoms. The number of carbonyl (C=O) groups excluding carboxylic acids is 1.